The number of ether oxygens (including phenoxy) is 2. The Balaban J connectivity index is 0.00000337. The van der Waals surface area contributed by atoms with E-state index in [0.29, 0.717) is 36.2 Å². The predicted octanol–water partition coefficient (Wildman–Crippen LogP) is 6.38. The van der Waals surface area contributed by atoms with Gasteiger partial charge in [0.2, 0.25) is 0 Å². The fourth-order valence-corrected chi connectivity index (χ4v) is 5.81. The summed E-state index contributed by atoms with van der Waals surface area (Å²) in [7, 11) is 0. The number of aryl methyl sites for hydroxylation is 1. The predicted molar refractivity (Wildman–Crippen MR) is 162 cm³/mol. The first-order chi connectivity index (χ1) is 19.5. The van der Waals surface area contributed by atoms with Crippen molar-refractivity contribution >= 4 is 11.7 Å². The molecule has 8 heteroatoms. The van der Waals surface area contributed by atoms with Crippen molar-refractivity contribution in [2.24, 2.45) is 0 Å². The molecule has 2 aromatic heterocycles. The van der Waals surface area contributed by atoms with Gasteiger partial charge in [0.1, 0.15) is 17.9 Å². The third-order valence-corrected chi connectivity index (χ3v) is 7.94. The molecule has 214 valence electrons. The molecule has 2 aliphatic rings. The van der Waals surface area contributed by atoms with Crippen molar-refractivity contribution in [1.29, 1.82) is 0 Å². The van der Waals surface area contributed by atoms with Crippen molar-refractivity contribution in [2.75, 3.05) is 31.6 Å². The molecule has 0 aliphatic carbocycles. The highest BCUT2D eigenvalue weighted by Crippen LogP contribution is 2.41. The zero-order valence-electron chi connectivity index (χ0n) is 23.2. The molecule has 2 N–H and O–H groups in total. The Morgan fingerprint density at radius 2 is 1.93 bits per heavy atom. The van der Waals surface area contributed by atoms with Crippen LogP contribution in [0.5, 0.6) is 5.75 Å². The summed E-state index contributed by atoms with van der Waals surface area (Å²) in [4.78, 5) is 17.3. The first-order valence-electron chi connectivity index (χ1n) is 14.1. The number of nitrogens with one attached hydrogen (secondary N) is 2. The Morgan fingerprint density at radius 3 is 2.71 bits per heavy atom. The molecule has 0 amide bonds. The number of rotatable bonds is 7. The van der Waals surface area contributed by atoms with Crippen molar-refractivity contribution in [1.82, 2.24) is 20.1 Å². The van der Waals surface area contributed by atoms with Gasteiger partial charge in [-0.15, -0.1) is 0 Å². The van der Waals surface area contributed by atoms with E-state index in [2.05, 4.69) is 46.9 Å². The first-order valence-corrected chi connectivity index (χ1v) is 14.1. The van der Waals surface area contributed by atoms with Crippen molar-refractivity contribution in [3.63, 3.8) is 0 Å². The van der Waals surface area contributed by atoms with Crippen LogP contribution in [0.3, 0.4) is 0 Å². The van der Waals surface area contributed by atoms with E-state index < -0.39 is 0 Å². The van der Waals surface area contributed by atoms with Crippen LogP contribution in [0, 0.1) is 13.8 Å². The van der Waals surface area contributed by atoms with E-state index in [1.807, 2.05) is 37.3 Å². The summed E-state index contributed by atoms with van der Waals surface area (Å²) < 4.78 is 13.0. The van der Waals surface area contributed by atoms with Crippen molar-refractivity contribution in [3.8, 4) is 22.8 Å². The van der Waals surface area contributed by atoms with E-state index in [1.165, 1.54) is 30.2 Å². The van der Waals surface area contributed by atoms with E-state index in [9.17, 15) is 4.79 Å². The molecule has 0 radical (unpaired) electrons. The fraction of sp³-hybridized carbons (Fsp3) is 0.364. The summed E-state index contributed by atoms with van der Waals surface area (Å²) in [5.74, 6) is 1.75. The number of benzene rings is 2. The van der Waals surface area contributed by atoms with Crippen LogP contribution in [0.15, 0.2) is 60.8 Å². The number of pyridine rings is 1. The number of fused-ring (bicyclic) bond motifs is 1. The molecule has 6 rings (SSSR count). The number of hydrogen-bond acceptors (Lipinski definition) is 7. The molecular weight excluding hydrogens is 514 g/mol. The third kappa shape index (κ3) is 5.57. The normalized spacial score (nSPS) is 16.4. The Kier molecular flexibility index (Phi) is 8.40. The number of anilines is 1. The summed E-state index contributed by atoms with van der Waals surface area (Å²) in [6.45, 7) is 8.85. The van der Waals surface area contributed by atoms with Gasteiger partial charge in [-0.2, -0.15) is 5.10 Å². The minimum Gasteiger partial charge on any atom is -0.491 e. The van der Waals surface area contributed by atoms with Crippen molar-refractivity contribution in [2.45, 2.75) is 53.0 Å². The number of carbonyl (C=O) groups is 1. The Labute approximate surface area is 242 Å². The molecule has 2 aliphatic heterocycles. The summed E-state index contributed by atoms with van der Waals surface area (Å²) >= 11 is 0. The van der Waals surface area contributed by atoms with Gasteiger partial charge in [-0.05, 0) is 88.0 Å². The van der Waals surface area contributed by atoms with Gasteiger partial charge in [0.25, 0.3) is 0 Å². The average Bonchev–Trinajstić information content (AvgIpc) is 3.58. The zero-order chi connectivity index (χ0) is 27.6. The summed E-state index contributed by atoms with van der Waals surface area (Å²) in [6, 6.07) is 18.8. The lowest BCUT2D eigenvalue weighted by molar-refractivity contribution is 0.0525. The van der Waals surface area contributed by atoms with Crippen LogP contribution in [-0.4, -0.2) is 47.0 Å². The van der Waals surface area contributed by atoms with Crippen LogP contribution in [-0.2, 0) is 4.74 Å². The van der Waals surface area contributed by atoms with Gasteiger partial charge in [0.05, 0.1) is 30.2 Å². The maximum Gasteiger partial charge on any atom is 0.341 e. The molecule has 0 spiro atoms. The molecule has 4 heterocycles. The van der Waals surface area contributed by atoms with E-state index in [1.54, 1.807) is 11.6 Å². The summed E-state index contributed by atoms with van der Waals surface area (Å²) in [5, 5.41) is 11.6. The standard InChI is InChI=1S/C32H35N5O3.CH4/c1-4-39-32(38)25-18-34-37(21(25)3)30-10-6-8-27(36-30)24-7-5-9-29-31(24)28(19-40-29)35-26-12-11-23(17-20(26)2)22-13-15-33-16-14-22;/h5-12,17-18,22,28,33,35H,4,13-16,19H2,1-3H3;1H4. The zero-order valence-corrected chi connectivity index (χ0v) is 23.2. The largest absolute Gasteiger partial charge is 0.491 e. The topological polar surface area (TPSA) is 90.3 Å². The second kappa shape index (κ2) is 12.1. The van der Waals surface area contributed by atoms with Crippen LogP contribution in [0.25, 0.3) is 17.1 Å². The molecule has 0 saturated carbocycles. The molecule has 4 aromatic rings. The van der Waals surface area contributed by atoms with Crippen molar-refractivity contribution in [3.05, 3.63) is 88.7 Å². The van der Waals surface area contributed by atoms with Crippen LogP contribution >= 0.6 is 0 Å². The van der Waals surface area contributed by atoms with Gasteiger partial charge < -0.3 is 20.1 Å². The third-order valence-electron chi connectivity index (χ3n) is 7.94. The van der Waals surface area contributed by atoms with E-state index in [0.717, 1.165) is 41.3 Å². The van der Waals surface area contributed by atoms with Crippen LogP contribution < -0.4 is 15.4 Å². The Morgan fingerprint density at radius 1 is 1.12 bits per heavy atom. The minimum atomic E-state index is -0.381. The smallest absolute Gasteiger partial charge is 0.341 e. The second-order valence-electron chi connectivity index (χ2n) is 10.5. The maximum absolute atomic E-state index is 12.3. The molecule has 1 atom stereocenters. The lowest BCUT2D eigenvalue weighted by atomic mass is 9.89. The number of aromatic nitrogens is 3. The molecule has 2 aromatic carbocycles. The lowest BCUT2D eigenvalue weighted by Crippen LogP contribution is -2.26. The summed E-state index contributed by atoms with van der Waals surface area (Å²) in [6.07, 6.45) is 3.91. The molecule has 1 unspecified atom stereocenters. The monoisotopic (exact) mass is 553 g/mol. The van der Waals surface area contributed by atoms with Gasteiger partial charge in [0, 0.05) is 16.8 Å². The lowest BCUT2D eigenvalue weighted by Gasteiger charge is -2.24. The van der Waals surface area contributed by atoms with E-state index in [4.69, 9.17) is 14.5 Å². The van der Waals surface area contributed by atoms with Gasteiger partial charge in [-0.25, -0.2) is 14.5 Å². The number of esters is 1. The van der Waals surface area contributed by atoms with Crippen LogP contribution in [0.1, 0.15) is 71.9 Å². The highest BCUT2D eigenvalue weighted by molar-refractivity contribution is 5.90. The second-order valence-corrected chi connectivity index (χ2v) is 10.5. The SMILES string of the molecule is C.CCOC(=O)c1cnn(-c2cccc(-c3cccc4c3C(Nc3ccc(C5CCNCC5)cc3C)CO4)n2)c1C. The highest BCUT2D eigenvalue weighted by Gasteiger charge is 2.29. The molecular formula is C33H39N5O3. The molecule has 8 nitrogen and oxygen atoms in total. The van der Waals surface area contributed by atoms with Gasteiger partial charge in [-0.3, -0.25) is 0 Å². The minimum absolute atomic E-state index is 0. The Hall–Kier alpha value is -4.17. The quantitative estimate of drug-likeness (QED) is 0.257. The molecule has 41 heavy (non-hydrogen) atoms. The van der Waals surface area contributed by atoms with Gasteiger partial charge in [-0.1, -0.05) is 37.8 Å². The van der Waals surface area contributed by atoms with Crippen LogP contribution in [0.2, 0.25) is 0 Å². The molecule has 1 fully saturated rings. The van der Waals surface area contributed by atoms with E-state index >= 15 is 0 Å². The summed E-state index contributed by atoms with van der Waals surface area (Å²) in [5.41, 5.74) is 7.84. The van der Waals surface area contributed by atoms with E-state index in [-0.39, 0.29) is 19.4 Å². The number of piperidine rings is 1. The number of hydrogen-bond donors (Lipinski definition) is 2. The van der Waals surface area contributed by atoms with Gasteiger partial charge >= 0.3 is 5.97 Å². The maximum atomic E-state index is 12.3. The average molecular weight is 554 g/mol. The molecule has 1 saturated heterocycles. The number of nitrogens with zero attached hydrogens (tertiary/aromatic N) is 3. The highest BCUT2D eigenvalue weighted by atomic mass is 16.5. The molecule has 0 bridgehead atoms. The van der Waals surface area contributed by atoms with Crippen LogP contribution in [0.4, 0.5) is 5.69 Å². The first kappa shape index (κ1) is 28.4. The Bertz CT molecular complexity index is 1540. The van der Waals surface area contributed by atoms with Crippen molar-refractivity contribution < 1.29 is 14.3 Å². The number of carbonyl (C=O) groups excluding carboxylic acids is 1. The fourth-order valence-electron chi connectivity index (χ4n) is 5.81. The van der Waals surface area contributed by atoms with Gasteiger partial charge in [0.15, 0.2) is 5.82 Å².